The van der Waals surface area contributed by atoms with Crippen LogP contribution >= 0.6 is 11.6 Å². The van der Waals surface area contributed by atoms with Crippen molar-refractivity contribution in [1.82, 2.24) is 0 Å². The zero-order valence-electron chi connectivity index (χ0n) is 11.3. The number of hydrogen-bond acceptors (Lipinski definition) is 4. The van der Waals surface area contributed by atoms with Crippen LogP contribution in [0.3, 0.4) is 0 Å². The highest BCUT2D eigenvalue weighted by Gasteiger charge is 2.07. The van der Waals surface area contributed by atoms with Crippen molar-refractivity contribution in [3.05, 3.63) is 68.7 Å². The lowest BCUT2D eigenvalue weighted by atomic mass is 10.1. The molecule has 0 fully saturated rings. The normalized spacial score (nSPS) is 10.4. The van der Waals surface area contributed by atoms with Crippen LogP contribution in [0.4, 0.5) is 5.69 Å². The maximum absolute atomic E-state index is 10.6. The number of non-ortho nitro benzene ring substituents is 1. The van der Waals surface area contributed by atoms with Gasteiger partial charge in [0, 0.05) is 35.7 Å². The summed E-state index contributed by atoms with van der Waals surface area (Å²) in [6.45, 7) is 0.762. The van der Waals surface area contributed by atoms with E-state index in [0.717, 1.165) is 11.1 Å². The molecular weight excluding hydrogens is 292 g/mol. The van der Waals surface area contributed by atoms with Crippen molar-refractivity contribution in [2.45, 2.75) is 13.0 Å². The molecule has 5 nitrogen and oxygen atoms in total. The van der Waals surface area contributed by atoms with Crippen molar-refractivity contribution >= 4 is 17.3 Å². The van der Waals surface area contributed by atoms with Crippen molar-refractivity contribution in [2.24, 2.45) is 5.73 Å². The summed E-state index contributed by atoms with van der Waals surface area (Å²) in [7, 11) is 0. The Morgan fingerprint density at radius 1 is 1.19 bits per heavy atom. The molecule has 0 saturated heterocycles. The first-order valence-electron chi connectivity index (χ1n) is 6.45. The van der Waals surface area contributed by atoms with E-state index in [9.17, 15) is 10.1 Å². The number of benzene rings is 2. The summed E-state index contributed by atoms with van der Waals surface area (Å²) in [6.07, 6.45) is 0.647. The fraction of sp³-hybridized carbons (Fsp3) is 0.200. The van der Waals surface area contributed by atoms with E-state index < -0.39 is 4.92 Å². The summed E-state index contributed by atoms with van der Waals surface area (Å²) in [5.74, 6) is 0.673. The highest BCUT2D eigenvalue weighted by atomic mass is 35.5. The van der Waals surface area contributed by atoms with Gasteiger partial charge in [-0.2, -0.15) is 0 Å². The zero-order valence-corrected chi connectivity index (χ0v) is 12.0. The average Bonchev–Trinajstić information content (AvgIpc) is 2.48. The van der Waals surface area contributed by atoms with E-state index in [0.29, 0.717) is 30.3 Å². The van der Waals surface area contributed by atoms with Crippen LogP contribution in [-0.2, 0) is 13.0 Å². The summed E-state index contributed by atoms with van der Waals surface area (Å²) in [5.41, 5.74) is 7.48. The van der Waals surface area contributed by atoms with Gasteiger partial charge < -0.3 is 10.5 Å². The maximum Gasteiger partial charge on any atom is 0.269 e. The minimum Gasteiger partial charge on any atom is -0.493 e. The number of halogens is 1. The Morgan fingerprint density at radius 3 is 2.52 bits per heavy atom. The molecule has 0 bridgehead atoms. The maximum atomic E-state index is 10.6. The van der Waals surface area contributed by atoms with Crippen LogP contribution in [0, 0.1) is 10.1 Å². The highest BCUT2D eigenvalue weighted by Crippen LogP contribution is 2.26. The SMILES string of the molecule is NCc1c(Cl)cccc1OCCc1ccc([N+](=O)[O-])cc1. The van der Waals surface area contributed by atoms with Gasteiger partial charge >= 0.3 is 0 Å². The van der Waals surface area contributed by atoms with Crippen molar-refractivity contribution in [2.75, 3.05) is 6.61 Å². The molecule has 0 spiro atoms. The third-order valence-electron chi connectivity index (χ3n) is 3.08. The van der Waals surface area contributed by atoms with E-state index in [2.05, 4.69) is 0 Å². The first-order valence-corrected chi connectivity index (χ1v) is 6.83. The fourth-order valence-corrected chi connectivity index (χ4v) is 2.18. The molecule has 0 aromatic heterocycles. The van der Waals surface area contributed by atoms with Crippen molar-refractivity contribution < 1.29 is 9.66 Å². The minimum absolute atomic E-state index is 0.0833. The quantitative estimate of drug-likeness (QED) is 0.656. The molecule has 0 aliphatic rings. The van der Waals surface area contributed by atoms with Crippen LogP contribution in [0.2, 0.25) is 5.02 Å². The second kappa shape index (κ2) is 7.06. The minimum atomic E-state index is -0.417. The van der Waals surface area contributed by atoms with E-state index in [1.165, 1.54) is 12.1 Å². The summed E-state index contributed by atoms with van der Waals surface area (Å²) >= 11 is 6.05. The number of nitrogens with zero attached hydrogens (tertiary/aromatic N) is 1. The van der Waals surface area contributed by atoms with E-state index in [4.69, 9.17) is 22.1 Å². The largest absolute Gasteiger partial charge is 0.493 e. The van der Waals surface area contributed by atoms with Crippen LogP contribution in [0.5, 0.6) is 5.75 Å². The summed E-state index contributed by atoms with van der Waals surface area (Å²) in [6, 6.07) is 11.8. The molecule has 2 rings (SSSR count). The molecule has 6 heteroatoms. The Morgan fingerprint density at radius 2 is 1.90 bits per heavy atom. The number of ether oxygens (including phenoxy) is 1. The van der Waals surface area contributed by atoms with E-state index in [-0.39, 0.29) is 5.69 Å². The Balaban J connectivity index is 1.95. The predicted octanol–water partition coefficient (Wildman–Crippen LogP) is 3.33. The number of nitro groups is 1. The van der Waals surface area contributed by atoms with Crippen LogP contribution in [0.25, 0.3) is 0 Å². The third-order valence-corrected chi connectivity index (χ3v) is 3.43. The number of rotatable bonds is 6. The molecule has 21 heavy (non-hydrogen) atoms. The first kappa shape index (κ1) is 15.3. The summed E-state index contributed by atoms with van der Waals surface area (Å²) < 4.78 is 5.69. The molecule has 0 radical (unpaired) electrons. The van der Waals surface area contributed by atoms with E-state index in [1.807, 2.05) is 12.1 Å². The lowest BCUT2D eigenvalue weighted by Crippen LogP contribution is -2.06. The van der Waals surface area contributed by atoms with Crippen molar-refractivity contribution in [3.8, 4) is 5.75 Å². The van der Waals surface area contributed by atoms with Gasteiger partial charge in [-0.25, -0.2) is 0 Å². The second-order valence-corrected chi connectivity index (χ2v) is 4.85. The molecule has 0 heterocycles. The number of nitro benzene ring substituents is 1. The van der Waals surface area contributed by atoms with Gasteiger partial charge in [0.05, 0.1) is 11.5 Å². The van der Waals surface area contributed by atoms with Gasteiger partial charge in [0.2, 0.25) is 0 Å². The first-order chi connectivity index (χ1) is 10.1. The lowest BCUT2D eigenvalue weighted by Gasteiger charge is -2.11. The molecule has 0 atom stereocenters. The Kier molecular flexibility index (Phi) is 5.14. The topological polar surface area (TPSA) is 78.4 Å². The molecule has 0 aliphatic heterocycles. The van der Waals surface area contributed by atoms with Gasteiger partial charge in [-0.1, -0.05) is 29.8 Å². The highest BCUT2D eigenvalue weighted by molar-refractivity contribution is 6.31. The van der Waals surface area contributed by atoms with Crippen molar-refractivity contribution in [3.63, 3.8) is 0 Å². The Bertz CT molecular complexity index is 629. The van der Waals surface area contributed by atoms with Gasteiger partial charge in [-0.05, 0) is 17.7 Å². The van der Waals surface area contributed by atoms with Crippen LogP contribution in [-0.4, -0.2) is 11.5 Å². The van der Waals surface area contributed by atoms with E-state index >= 15 is 0 Å². The van der Waals surface area contributed by atoms with Crippen LogP contribution in [0.15, 0.2) is 42.5 Å². The predicted molar refractivity (Wildman–Crippen MR) is 81.6 cm³/mol. The lowest BCUT2D eigenvalue weighted by molar-refractivity contribution is -0.384. The standard InChI is InChI=1S/C15H15ClN2O3/c16-14-2-1-3-15(13(14)10-17)21-9-8-11-4-6-12(7-5-11)18(19)20/h1-7H,8-10,17H2. The molecule has 0 aliphatic carbocycles. The Hall–Kier alpha value is -2.11. The van der Waals surface area contributed by atoms with Gasteiger partial charge in [-0.3, -0.25) is 10.1 Å². The number of nitrogens with two attached hydrogens (primary N) is 1. The second-order valence-electron chi connectivity index (χ2n) is 4.44. The monoisotopic (exact) mass is 306 g/mol. The fourth-order valence-electron chi connectivity index (χ4n) is 1.94. The average molecular weight is 307 g/mol. The molecule has 0 unspecified atom stereocenters. The van der Waals surface area contributed by atoms with Crippen LogP contribution in [0.1, 0.15) is 11.1 Å². The van der Waals surface area contributed by atoms with Gasteiger partial charge in [0.25, 0.3) is 5.69 Å². The third kappa shape index (κ3) is 3.93. The van der Waals surface area contributed by atoms with Gasteiger partial charge in [0.1, 0.15) is 5.75 Å². The molecule has 110 valence electrons. The molecule has 2 aromatic rings. The zero-order chi connectivity index (χ0) is 15.2. The molecule has 2 N–H and O–H groups in total. The van der Waals surface area contributed by atoms with Crippen LogP contribution < -0.4 is 10.5 Å². The molecule has 0 saturated carbocycles. The summed E-state index contributed by atoms with van der Waals surface area (Å²) in [4.78, 5) is 10.2. The van der Waals surface area contributed by atoms with Crippen molar-refractivity contribution in [1.29, 1.82) is 0 Å². The van der Waals surface area contributed by atoms with Gasteiger partial charge in [-0.15, -0.1) is 0 Å². The van der Waals surface area contributed by atoms with Gasteiger partial charge in [0.15, 0.2) is 0 Å². The molecule has 0 amide bonds. The smallest absolute Gasteiger partial charge is 0.269 e. The van der Waals surface area contributed by atoms with E-state index in [1.54, 1.807) is 18.2 Å². The molecular formula is C15H15ClN2O3. The summed E-state index contributed by atoms with van der Waals surface area (Å²) in [5, 5.41) is 11.2. The number of hydrogen-bond donors (Lipinski definition) is 1. The Labute approximate surface area is 127 Å². The molecule has 2 aromatic carbocycles.